The molecule has 3 rings (SSSR count). The van der Waals surface area contributed by atoms with E-state index in [1.54, 1.807) is 12.3 Å². The molecule has 26 heavy (non-hydrogen) atoms. The van der Waals surface area contributed by atoms with E-state index in [1.165, 1.54) is 0 Å². The summed E-state index contributed by atoms with van der Waals surface area (Å²) in [5.41, 5.74) is 4.09. The van der Waals surface area contributed by atoms with Gasteiger partial charge in [0.25, 0.3) is 11.5 Å². The van der Waals surface area contributed by atoms with E-state index >= 15 is 0 Å². The van der Waals surface area contributed by atoms with E-state index in [9.17, 15) is 9.59 Å². The molecule has 3 N–H and O–H groups in total. The van der Waals surface area contributed by atoms with Gasteiger partial charge in [-0.1, -0.05) is 0 Å². The van der Waals surface area contributed by atoms with Crippen LogP contribution >= 0.6 is 0 Å². The lowest BCUT2D eigenvalue weighted by atomic mass is 9.90. The van der Waals surface area contributed by atoms with E-state index in [2.05, 4.69) is 25.8 Å². The number of hydrogen-bond acceptors (Lipinski definition) is 5. The number of aromatic nitrogens is 3. The Labute approximate surface area is 152 Å². The van der Waals surface area contributed by atoms with Crippen molar-refractivity contribution in [2.24, 2.45) is 0 Å². The van der Waals surface area contributed by atoms with Gasteiger partial charge in [0.1, 0.15) is 5.69 Å². The molecule has 0 bridgehead atoms. The summed E-state index contributed by atoms with van der Waals surface area (Å²) < 4.78 is 0. The molecule has 2 aromatic rings. The normalized spacial score (nSPS) is 13.5. The van der Waals surface area contributed by atoms with Gasteiger partial charge in [-0.05, 0) is 62.8 Å². The van der Waals surface area contributed by atoms with Gasteiger partial charge in [-0.25, -0.2) is 5.10 Å². The van der Waals surface area contributed by atoms with Crippen molar-refractivity contribution in [3.05, 3.63) is 56.8 Å². The second-order valence-corrected chi connectivity index (χ2v) is 6.93. The minimum Gasteiger partial charge on any atom is -0.338 e. The van der Waals surface area contributed by atoms with Crippen LogP contribution in [0.15, 0.2) is 23.1 Å². The molecule has 0 saturated heterocycles. The Bertz CT molecular complexity index is 844. The summed E-state index contributed by atoms with van der Waals surface area (Å²) in [5, 5.41) is 12.8. The van der Waals surface area contributed by atoms with Gasteiger partial charge in [0, 0.05) is 24.2 Å². The first-order chi connectivity index (χ1) is 12.5. The Kier molecular flexibility index (Phi) is 5.78. The number of H-pyrrole nitrogens is 1. The molecule has 138 valence electrons. The molecule has 0 saturated carbocycles. The fraction of sp³-hybridized carbons (Fsp3) is 0.474. The number of carbonyl (C=O) groups is 1. The third kappa shape index (κ3) is 4.35. The second kappa shape index (κ2) is 8.23. The molecule has 1 amide bonds. The zero-order valence-electron chi connectivity index (χ0n) is 15.3. The summed E-state index contributed by atoms with van der Waals surface area (Å²) in [6.07, 6.45) is 6.04. The molecule has 0 radical (unpaired) electrons. The highest BCUT2D eigenvalue weighted by molar-refractivity contribution is 5.92. The Balaban J connectivity index is 1.75. The molecule has 2 heterocycles. The van der Waals surface area contributed by atoms with E-state index < -0.39 is 0 Å². The molecule has 2 aromatic heterocycles. The highest BCUT2D eigenvalue weighted by Gasteiger charge is 2.18. The van der Waals surface area contributed by atoms with Crippen LogP contribution in [0.25, 0.3) is 0 Å². The van der Waals surface area contributed by atoms with Gasteiger partial charge in [-0.2, -0.15) is 5.10 Å². The van der Waals surface area contributed by atoms with Gasteiger partial charge in [-0.15, -0.1) is 0 Å². The molecule has 0 atom stereocenters. The van der Waals surface area contributed by atoms with Gasteiger partial charge in [0.15, 0.2) is 0 Å². The van der Waals surface area contributed by atoms with Crippen molar-refractivity contribution in [1.29, 1.82) is 0 Å². The van der Waals surface area contributed by atoms with Crippen molar-refractivity contribution >= 4 is 5.91 Å². The highest BCUT2D eigenvalue weighted by atomic mass is 16.2. The average Bonchev–Trinajstić information content (AvgIpc) is 2.64. The summed E-state index contributed by atoms with van der Waals surface area (Å²) in [4.78, 5) is 28.4. The Morgan fingerprint density at radius 2 is 2.04 bits per heavy atom. The van der Waals surface area contributed by atoms with Gasteiger partial charge in [-0.3, -0.25) is 19.9 Å². The van der Waals surface area contributed by atoms with Crippen molar-refractivity contribution in [1.82, 2.24) is 25.8 Å². The van der Waals surface area contributed by atoms with E-state index in [-0.39, 0.29) is 11.5 Å². The van der Waals surface area contributed by atoms with E-state index in [1.807, 2.05) is 19.9 Å². The minimum absolute atomic E-state index is 0.0732. The number of amides is 1. The van der Waals surface area contributed by atoms with E-state index in [0.717, 1.165) is 48.1 Å². The zero-order chi connectivity index (χ0) is 18.5. The molecule has 1 aliphatic carbocycles. The Hall–Kier alpha value is -2.54. The van der Waals surface area contributed by atoms with Crippen molar-refractivity contribution in [3.63, 3.8) is 0 Å². The molecule has 7 nitrogen and oxygen atoms in total. The first kappa shape index (κ1) is 18.3. The summed E-state index contributed by atoms with van der Waals surface area (Å²) in [7, 11) is 0. The van der Waals surface area contributed by atoms with Crippen LogP contribution in [0.5, 0.6) is 0 Å². The van der Waals surface area contributed by atoms with Crippen LogP contribution in [0, 0.1) is 0 Å². The van der Waals surface area contributed by atoms with Crippen LogP contribution < -0.4 is 16.2 Å². The fourth-order valence-corrected chi connectivity index (χ4v) is 3.20. The van der Waals surface area contributed by atoms with Crippen LogP contribution in [0.4, 0.5) is 0 Å². The number of pyridine rings is 1. The molecule has 0 unspecified atom stereocenters. The number of fused-ring (bicyclic) bond motifs is 1. The maximum Gasteiger partial charge on any atom is 0.270 e. The maximum atomic E-state index is 12.2. The van der Waals surface area contributed by atoms with Crippen LogP contribution in [0.2, 0.25) is 0 Å². The lowest BCUT2D eigenvalue weighted by molar-refractivity contribution is 0.0944. The van der Waals surface area contributed by atoms with Crippen LogP contribution in [-0.2, 0) is 19.3 Å². The molecular weight excluding hydrogens is 330 g/mol. The number of nitrogens with zero attached hydrogens (tertiary/aromatic N) is 2. The number of nitrogens with one attached hydrogen (secondary N) is 3. The van der Waals surface area contributed by atoms with E-state index in [0.29, 0.717) is 24.8 Å². The average molecular weight is 355 g/mol. The molecule has 0 aliphatic heterocycles. The first-order valence-electron chi connectivity index (χ1n) is 9.10. The van der Waals surface area contributed by atoms with Crippen molar-refractivity contribution in [3.8, 4) is 0 Å². The fourth-order valence-electron chi connectivity index (χ4n) is 3.20. The van der Waals surface area contributed by atoms with Crippen LogP contribution in [-0.4, -0.2) is 33.8 Å². The van der Waals surface area contributed by atoms with Gasteiger partial charge >= 0.3 is 0 Å². The summed E-state index contributed by atoms with van der Waals surface area (Å²) in [6, 6.07) is 3.96. The zero-order valence-corrected chi connectivity index (χ0v) is 15.3. The standard InChI is InChI=1S/C19H25N5O2/c1-12(2)21-11-22-19(26)17-10-13(7-8-20-17)9-16-14-5-3-4-6-15(14)18(25)24-23-16/h7-8,10,12,21H,3-6,9,11H2,1-2H3,(H,22,26)(H,24,25). The number of rotatable bonds is 6. The lowest BCUT2D eigenvalue weighted by Gasteiger charge is -2.17. The molecule has 0 spiro atoms. The summed E-state index contributed by atoms with van der Waals surface area (Å²) in [5.74, 6) is -0.212. The SMILES string of the molecule is CC(C)NCNC(=O)c1cc(Cc2n[nH]c(=O)c3c2CCCC3)ccn1. The third-order valence-corrected chi connectivity index (χ3v) is 4.57. The number of hydrogen-bond donors (Lipinski definition) is 3. The van der Waals surface area contributed by atoms with Crippen LogP contribution in [0.1, 0.15) is 59.6 Å². The molecule has 7 heteroatoms. The molecule has 0 aromatic carbocycles. The third-order valence-electron chi connectivity index (χ3n) is 4.57. The Morgan fingerprint density at radius 3 is 2.81 bits per heavy atom. The largest absolute Gasteiger partial charge is 0.338 e. The molecule has 1 aliphatic rings. The lowest BCUT2D eigenvalue weighted by Crippen LogP contribution is -2.37. The summed E-state index contributed by atoms with van der Waals surface area (Å²) in [6.45, 7) is 4.43. The molecular formula is C19H25N5O2. The van der Waals surface area contributed by atoms with Crippen molar-refractivity contribution in [2.45, 2.75) is 52.0 Å². The number of carbonyl (C=O) groups excluding carboxylic acids is 1. The first-order valence-corrected chi connectivity index (χ1v) is 9.10. The highest BCUT2D eigenvalue weighted by Crippen LogP contribution is 2.22. The molecule has 0 fully saturated rings. The topological polar surface area (TPSA) is 99.8 Å². The monoisotopic (exact) mass is 355 g/mol. The number of aromatic amines is 1. The quantitative estimate of drug-likeness (QED) is 0.679. The predicted octanol–water partition coefficient (Wildman–Crippen LogP) is 1.32. The van der Waals surface area contributed by atoms with Crippen molar-refractivity contribution in [2.75, 3.05) is 6.67 Å². The van der Waals surface area contributed by atoms with Gasteiger partial charge in [0.05, 0.1) is 12.4 Å². The van der Waals surface area contributed by atoms with Gasteiger partial charge in [0.2, 0.25) is 0 Å². The van der Waals surface area contributed by atoms with Crippen LogP contribution in [0.3, 0.4) is 0 Å². The minimum atomic E-state index is -0.212. The van der Waals surface area contributed by atoms with E-state index in [4.69, 9.17) is 0 Å². The van der Waals surface area contributed by atoms with Crippen molar-refractivity contribution < 1.29 is 4.79 Å². The predicted molar refractivity (Wildman–Crippen MR) is 99.1 cm³/mol. The maximum absolute atomic E-state index is 12.2. The summed E-state index contributed by atoms with van der Waals surface area (Å²) >= 11 is 0. The Morgan fingerprint density at radius 1 is 1.27 bits per heavy atom. The smallest absolute Gasteiger partial charge is 0.270 e. The second-order valence-electron chi connectivity index (χ2n) is 6.93. The van der Waals surface area contributed by atoms with Gasteiger partial charge < -0.3 is 5.32 Å².